The molecule has 13 heavy (non-hydrogen) atoms. The van der Waals surface area contributed by atoms with Gasteiger partial charge in [-0.1, -0.05) is 20.3 Å². The highest BCUT2D eigenvalue weighted by Crippen LogP contribution is 2.13. The Kier molecular flexibility index (Phi) is 6.87. The quantitative estimate of drug-likeness (QED) is 0.619. The zero-order chi connectivity index (χ0) is 10.3. The molecule has 0 amide bonds. The topological polar surface area (TPSA) is 43.1 Å². The lowest BCUT2D eigenvalue weighted by Gasteiger charge is -2.17. The first kappa shape index (κ1) is 12.6. The Morgan fingerprint density at radius 2 is 2.00 bits per heavy atom. The summed E-state index contributed by atoms with van der Waals surface area (Å²) in [7, 11) is 0. The van der Waals surface area contributed by atoms with Gasteiger partial charge in [0.25, 0.3) is 0 Å². The van der Waals surface area contributed by atoms with E-state index in [1.165, 1.54) is 0 Å². The number of nitrogens with two attached hydrogens (primary N) is 1. The van der Waals surface area contributed by atoms with E-state index in [4.69, 9.17) is 5.73 Å². The normalized spacial score (nSPS) is 15.4. The molecule has 0 bridgehead atoms. The minimum Gasteiger partial charge on any atom is -0.327 e. The molecule has 0 aromatic heterocycles. The Balaban J connectivity index is 3.36. The van der Waals surface area contributed by atoms with E-state index in [-0.39, 0.29) is 0 Å². The number of ketones is 1. The summed E-state index contributed by atoms with van der Waals surface area (Å²) in [5.74, 6) is 0.893. The summed E-state index contributed by atoms with van der Waals surface area (Å²) >= 11 is 0. The van der Waals surface area contributed by atoms with Gasteiger partial charge in [-0.25, -0.2) is 0 Å². The molecular formula is C11H23NO. The molecule has 2 unspecified atom stereocenters. The fourth-order valence-corrected chi connectivity index (χ4v) is 1.46. The molecule has 0 saturated heterocycles. The lowest BCUT2D eigenvalue weighted by atomic mass is 9.94. The van der Waals surface area contributed by atoms with Crippen molar-refractivity contribution in [1.29, 1.82) is 0 Å². The van der Waals surface area contributed by atoms with Gasteiger partial charge in [-0.2, -0.15) is 0 Å². The maximum atomic E-state index is 10.7. The van der Waals surface area contributed by atoms with Crippen LogP contribution in [0, 0.1) is 5.92 Å². The maximum absolute atomic E-state index is 10.7. The molecule has 0 aromatic rings. The predicted octanol–water partition coefficient (Wildman–Crippen LogP) is 2.51. The van der Waals surface area contributed by atoms with E-state index in [2.05, 4.69) is 13.8 Å². The van der Waals surface area contributed by atoms with Crippen molar-refractivity contribution in [1.82, 2.24) is 0 Å². The number of hydrogen-bond acceptors (Lipinski definition) is 2. The molecule has 0 saturated carbocycles. The Morgan fingerprint density at radius 1 is 1.38 bits per heavy atom. The Morgan fingerprint density at radius 3 is 2.46 bits per heavy atom. The van der Waals surface area contributed by atoms with Crippen LogP contribution < -0.4 is 5.73 Å². The molecule has 0 aromatic carbocycles. The highest BCUT2D eigenvalue weighted by Gasteiger charge is 2.09. The molecule has 78 valence electrons. The third kappa shape index (κ3) is 6.76. The zero-order valence-corrected chi connectivity index (χ0v) is 9.18. The van der Waals surface area contributed by atoms with E-state index in [0.29, 0.717) is 17.7 Å². The summed E-state index contributed by atoms with van der Waals surface area (Å²) in [5, 5.41) is 0. The Labute approximate surface area is 81.9 Å². The summed E-state index contributed by atoms with van der Waals surface area (Å²) < 4.78 is 0. The number of carbonyl (C=O) groups excluding carboxylic acids is 1. The molecule has 2 nitrogen and oxygen atoms in total. The van der Waals surface area contributed by atoms with Gasteiger partial charge < -0.3 is 10.5 Å². The predicted molar refractivity (Wildman–Crippen MR) is 56.6 cm³/mol. The molecular weight excluding hydrogens is 162 g/mol. The first-order valence-electron chi connectivity index (χ1n) is 5.33. The van der Waals surface area contributed by atoms with Crippen molar-refractivity contribution in [3.8, 4) is 0 Å². The van der Waals surface area contributed by atoms with Crippen LogP contribution in [0.4, 0.5) is 0 Å². The Hall–Kier alpha value is -0.370. The van der Waals surface area contributed by atoms with Gasteiger partial charge in [-0.05, 0) is 32.1 Å². The highest BCUT2D eigenvalue weighted by atomic mass is 16.1. The minimum absolute atomic E-state index is 0.299. The van der Waals surface area contributed by atoms with E-state index in [0.717, 1.165) is 32.1 Å². The van der Waals surface area contributed by atoms with Gasteiger partial charge in [0.2, 0.25) is 0 Å². The molecule has 0 aliphatic heterocycles. The van der Waals surface area contributed by atoms with Crippen molar-refractivity contribution in [2.24, 2.45) is 11.7 Å². The minimum atomic E-state index is 0.299. The summed E-state index contributed by atoms with van der Waals surface area (Å²) in [6, 6.07) is 0.331. The average Bonchev–Trinajstić information content (AvgIpc) is 2.10. The van der Waals surface area contributed by atoms with Crippen LogP contribution in [0.2, 0.25) is 0 Å². The zero-order valence-electron chi connectivity index (χ0n) is 9.18. The smallest absolute Gasteiger partial charge is 0.129 e. The molecule has 2 N–H and O–H groups in total. The number of carbonyl (C=O) groups is 1. The second-order valence-electron chi connectivity index (χ2n) is 4.00. The molecule has 2 heteroatoms. The lowest BCUT2D eigenvalue weighted by molar-refractivity contribution is -0.117. The number of hydrogen-bond donors (Lipinski definition) is 1. The van der Waals surface area contributed by atoms with Gasteiger partial charge in [0.1, 0.15) is 5.78 Å². The third-order valence-electron chi connectivity index (χ3n) is 2.64. The molecule has 0 aliphatic rings. The van der Waals surface area contributed by atoms with Gasteiger partial charge in [0.05, 0.1) is 0 Å². The summed E-state index contributed by atoms with van der Waals surface area (Å²) in [5.41, 5.74) is 5.89. The average molecular weight is 185 g/mol. The van der Waals surface area contributed by atoms with Gasteiger partial charge in [-0.3, -0.25) is 0 Å². The highest BCUT2D eigenvalue weighted by molar-refractivity contribution is 5.75. The van der Waals surface area contributed by atoms with E-state index in [9.17, 15) is 4.79 Å². The van der Waals surface area contributed by atoms with Crippen molar-refractivity contribution in [2.45, 2.75) is 58.9 Å². The van der Waals surface area contributed by atoms with Crippen molar-refractivity contribution < 1.29 is 4.79 Å². The molecule has 0 aliphatic carbocycles. The van der Waals surface area contributed by atoms with Crippen molar-refractivity contribution in [3.63, 3.8) is 0 Å². The number of rotatable bonds is 7. The monoisotopic (exact) mass is 185 g/mol. The first-order valence-corrected chi connectivity index (χ1v) is 5.33. The van der Waals surface area contributed by atoms with E-state index >= 15 is 0 Å². The molecule has 0 fully saturated rings. The van der Waals surface area contributed by atoms with E-state index in [1.807, 2.05) is 0 Å². The van der Waals surface area contributed by atoms with Crippen LogP contribution in [-0.4, -0.2) is 11.8 Å². The first-order chi connectivity index (χ1) is 6.07. The largest absolute Gasteiger partial charge is 0.327 e. The fraction of sp³-hybridized carbons (Fsp3) is 0.909. The number of unbranched alkanes of at least 4 members (excludes halogenated alkanes) is 1. The van der Waals surface area contributed by atoms with Crippen molar-refractivity contribution in [3.05, 3.63) is 0 Å². The molecule has 0 radical (unpaired) electrons. The van der Waals surface area contributed by atoms with Crippen LogP contribution in [0.1, 0.15) is 52.9 Å². The van der Waals surface area contributed by atoms with Gasteiger partial charge in [0, 0.05) is 12.5 Å². The van der Waals surface area contributed by atoms with E-state index < -0.39 is 0 Å². The molecule has 0 spiro atoms. The van der Waals surface area contributed by atoms with Crippen LogP contribution in [0.15, 0.2) is 0 Å². The van der Waals surface area contributed by atoms with Gasteiger partial charge in [-0.15, -0.1) is 0 Å². The lowest BCUT2D eigenvalue weighted by Crippen LogP contribution is -2.27. The van der Waals surface area contributed by atoms with Crippen molar-refractivity contribution >= 4 is 5.78 Å². The second kappa shape index (κ2) is 7.07. The fourth-order valence-electron chi connectivity index (χ4n) is 1.46. The third-order valence-corrected chi connectivity index (χ3v) is 2.64. The van der Waals surface area contributed by atoms with Gasteiger partial charge >= 0.3 is 0 Å². The van der Waals surface area contributed by atoms with Crippen LogP contribution in [-0.2, 0) is 4.79 Å². The van der Waals surface area contributed by atoms with E-state index in [1.54, 1.807) is 6.92 Å². The maximum Gasteiger partial charge on any atom is 0.129 e. The SMILES string of the molecule is CCC(N)C(C)CCCCC(C)=O. The molecule has 2 atom stereocenters. The summed E-state index contributed by atoms with van der Waals surface area (Å²) in [4.78, 5) is 10.7. The van der Waals surface area contributed by atoms with Crippen molar-refractivity contribution in [2.75, 3.05) is 0 Å². The van der Waals surface area contributed by atoms with Crippen LogP contribution in [0.5, 0.6) is 0 Å². The molecule has 0 rings (SSSR count). The summed E-state index contributed by atoms with van der Waals surface area (Å²) in [6.45, 7) is 5.97. The van der Waals surface area contributed by atoms with Crippen LogP contribution >= 0.6 is 0 Å². The van der Waals surface area contributed by atoms with Crippen LogP contribution in [0.25, 0.3) is 0 Å². The standard InChI is InChI=1S/C11H23NO/c1-4-11(12)9(2)7-5-6-8-10(3)13/h9,11H,4-8,12H2,1-3H3. The Bertz CT molecular complexity index is 145. The molecule has 0 heterocycles. The number of Topliss-reactive ketones (excluding diaryl/α,β-unsaturated/α-hetero) is 1. The van der Waals surface area contributed by atoms with Crippen LogP contribution in [0.3, 0.4) is 0 Å². The summed E-state index contributed by atoms with van der Waals surface area (Å²) in [6.07, 6.45) is 5.09. The second-order valence-corrected chi connectivity index (χ2v) is 4.00. The van der Waals surface area contributed by atoms with Gasteiger partial charge in [0.15, 0.2) is 0 Å².